The third kappa shape index (κ3) is 2.80. The molecule has 0 bridgehead atoms. The highest BCUT2D eigenvalue weighted by Gasteiger charge is 2.32. The number of hydrogen-bond acceptors (Lipinski definition) is 4. The second kappa shape index (κ2) is 6.27. The van der Waals surface area contributed by atoms with Crippen LogP contribution in [0.2, 0.25) is 0 Å². The van der Waals surface area contributed by atoms with Crippen molar-refractivity contribution in [3.05, 3.63) is 23.3 Å². The third-order valence-corrected chi connectivity index (χ3v) is 3.89. The largest absolute Gasteiger partial charge is 0.496 e. The van der Waals surface area contributed by atoms with E-state index in [0.717, 1.165) is 35.3 Å². The van der Waals surface area contributed by atoms with E-state index in [1.165, 1.54) is 0 Å². The summed E-state index contributed by atoms with van der Waals surface area (Å²) >= 11 is 0. The topological polar surface area (TPSA) is 47.6 Å². The molecule has 0 aliphatic heterocycles. The van der Waals surface area contributed by atoms with Crippen LogP contribution in [0.25, 0.3) is 0 Å². The SMILES string of the molecule is COc1ccc(OC)c2c1C[C@H](NC(C)C)[C@@H](C=O)C2. The molecule has 2 atom stereocenters. The molecule has 2 rings (SSSR count). The van der Waals surface area contributed by atoms with Crippen LogP contribution in [0.5, 0.6) is 11.5 Å². The molecule has 1 aromatic rings. The van der Waals surface area contributed by atoms with E-state index < -0.39 is 0 Å². The molecule has 0 fully saturated rings. The van der Waals surface area contributed by atoms with E-state index in [2.05, 4.69) is 19.2 Å². The lowest BCUT2D eigenvalue weighted by atomic mass is 9.79. The average molecular weight is 277 g/mol. The number of carbonyl (C=O) groups excluding carboxylic acids is 1. The Balaban J connectivity index is 2.41. The van der Waals surface area contributed by atoms with E-state index >= 15 is 0 Å². The molecule has 1 N–H and O–H groups in total. The Morgan fingerprint density at radius 1 is 1.15 bits per heavy atom. The van der Waals surface area contributed by atoms with Gasteiger partial charge in [0.2, 0.25) is 0 Å². The predicted octanol–water partition coefficient (Wildman–Crippen LogP) is 1.98. The van der Waals surface area contributed by atoms with Gasteiger partial charge in [-0.05, 0) is 25.0 Å². The van der Waals surface area contributed by atoms with Gasteiger partial charge >= 0.3 is 0 Å². The van der Waals surface area contributed by atoms with Crippen molar-refractivity contribution in [2.24, 2.45) is 5.92 Å². The average Bonchev–Trinajstić information content (AvgIpc) is 2.44. The van der Waals surface area contributed by atoms with Gasteiger partial charge in [0.25, 0.3) is 0 Å². The molecule has 20 heavy (non-hydrogen) atoms. The van der Waals surface area contributed by atoms with Crippen molar-refractivity contribution in [2.45, 2.75) is 38.8 Å². The fraction of sp³-hybridized carbons (Fsp3) is 0.562. The quantitative estimate of drug-likeness (QED) is 0.836. The molecule has 1 aliphatic carbocycles. The number of ether oxygens (including phenoxy) is 2. The minimum absolute atomic E-state index is 0.0223. The van der Waals surface area contributed by atoms with Gasteiger partial charge in [-0.3, -0.25) is 0 Å². The van der Waals surface area contributed by atoms with Crippen LogP contribution in [0.1, 0.15) is 25.0 Å². The number of nitrogens with one attached hydrogen (secondary N) is 1. The Morgan fingerprint density at radius 3 is 2.15 bits per heavy atom. The van der Waals surface area contributed by atoms with Gasteiger partial charge in [0, 0.05) is 29.1 Å². The Morgan fingerprint density at radius 2 is 1.70 bits per heavy atom. The lowest BCUT2D eigenvalue weighted by Crippen LogP contribution is -2.45. The van der Waals surface area contributed by atoms with Crippen molar-refractivity contribution in [1.82, 2.24) is 5.32 Å². The molecule has 4 heteroatoms. The van der Waals surface area contributed by atoms with Crippen LogP contribution >= 0.6 is 0 Å². The Kier molecular flexibility index (Phi) is 4.65. The number of carbonyl (C=O) groups is 1. The van der Waals surface area contributed by atoms with Crippen molar-refractivity contribution < 1.29 is 14.3 Å². The van der Waals surface area contributed by atoms with Crippen LogP contribution in [0.4, 0.5) is 0 Å². The Labute approximate surface area is 120 Å². The monoisotopic (exact) mass is 277 g/mol. The first-order chi connectivity index (χ1) is 9.60. The predicted molar refractivity (Wildman–Crippen MR) is 78.6 cm³/mol. The highest BCUT2D eigenvalue weighted by Crippen LogP contribution is 2.37. The van der Waals surface area contributed by atoms with Gasteiger partial charge in [-0.15, -0.1) is 0 Å². The fourth-order valence-corrected chi connectivity index (χ4v) is 2.98. The van der Waals surface area contributed by atoms with Crippen molar-refractivity contribution in [3.8, 4) is 11.5 Å². The summed E-state index contributed by atoms with van der Waals surface area (Å²) in [5.74, 6) is 1.70. The van der Waals surface area contributed by atoms with E-state index in [1.54, 1.807) is 14.2 Å². The number of benzene rings is 1. The van der Waals surface area contributed by atoms with Crippen molar-refractivity contribution in [1.29, 1.82) is 0 Å². The summed E-state index contributed by atoms with van der Waals surface area (Å²) in [5.41, 5.74) is 2.26. The van der Waals surface area contributed by atoms with Gasteiger partial charge in [-0.1, -0.05) is 13.8 Å². The third-order valence-electron chi connectivity index (χ3n) is 3.89. The van der Waals surface area contributed by atoms with Crippen LogP contribution in [0.15, 0.2) is 12.1 Å². The molecule has 4 nitrogen and oxygen atoms in total. The summed E-state index contributed by atoms with van der Waals surface area (Å²) in [4.78, 5) is 11.4. The molecular formula is C16H23NO3. The highest BCUT2D eigenvalue weighted by molar-refractivity contribution is 5.60. The molecule has 1 aliphatic rings. The zero-order valence-electron chi connectivity index (χ0n) is 12.6. The van der Waals surface area contributed by atoms with Gasteiger partial charge < -0.3 is 19.6 Å². The number of methoxy groups -OCH3 is 2. The zero-order valence-corrected chi connectivity index (χ0v) is 12.6. The van der Waals surface area contributed by atoms with E-state index in [1.807, 2.05) is 12.1 Å². The van der Waals surface area contributed by atoms with Crippen LogP contribution in [-0.2, 0) is 17.6 Å². The summed E-state index contributed by atoms with van der Waals surface area (Å²) in [6.45, 7) is 4.19. The van der Waals surface area contributed by atoms with E-state index in [-0.39, 0.29) is 12.0 Å². The van der Waals surface area contributed by atoms with Gasteiger partial charge in [-0.25, -0.2) is 0 Å². The summed E-state index contributed by atoms with van der Waals surface area (Å²) < 4.78 is 10.9. The van der Waals surface area contributed by atoms with Gasteiger partial charge in [-0.2, -0.15) is 0 Å². The number of hydrogen-bond donors (Lipinski definition) is 1. The number of rotatable bonds is 5. The maximum absolute atomic E-state index is 11.4. The zero-order chi connectivity index (χ0) is 14.7. The summed E-state index contributed by atoms with van der Waals surface area (Å²) in [7, 11) is 3.34. The number of fused-ring (bicyclic) bond motifs is 1. The molecule has 0 saturated heterocycles. The molecule has 0 radical (unpaired) electrons. The van der Waals surface area contributed by atoms with Crippen LogP contribution in [-0.4, -0.2) is 32.6 Å². The standard InChI is InChI=1S/C16H23NO3/c1-10(2)17-14-8-13-12(7-11(14)9-18)15(19-3)5-6-16(13)20-4/h5-6,9-11,14,17H,7-8H2,1-4H3/t11-,14+/m1/s1. The molecule has 0 saturated carbocycles. The number of aldehydes is 1. The molecule has 0 heterocycles. The minimum atomic E-state index is -0.0223. The second-order valence-corrected chi connectivity index (χ2v) is 5.56. The van der Waals surface area contributed by atoms with Crippen LogP contribution in [0, 0.1) is 5.92 Å². The van der Waals surface area contributed by atoms with Gasteiger partial charge in [0.15, 0.2) is 0 Å². The molecule has 0 aromatic heterocycles. The van der Waals surface area contributed by atoms with E-state index in [9.17, 15) is 4.79 Å². The van der Waals surface area contributed by atoms with Crippen LogP contribution < -0.4 is 14.8 Å². The van der Waals surface area contributed by atoms with Gasteiger partial charge in [0.05, 0.1) is 14.2 Å². The van der Waals surface area contributed by atoms with Crippen molar-refractivity contribution >= 4 is 6.29 Å². The molecule has 0 amide bonds. The lowest BCUT2D eigenvalue weighted by molar-refractivity contribution is -0.112. The maximum atomic E-state index is 11.4. The van der Waals surface area contributed by atoms with Crippen LogP contribution in [0.3, 0.4) is 0 Å². The van der Waals surface area contributed by atoms with Crippen molar-refractivity contribution in [3.63, 3.8) is 0 Å². The van der Waals surface area contributed by atoms with Crippen molar-refractivity contribution in [2.75, 3.05) is 14.2 Å². The molecule has 110 valence electrons. The Hall–Kier alpha value is -1.55. The Bertz CT molecular complexity index is 485. The normalized spacial score (nSPS) is 21.4. The van der Waals surface area contributed by atoms with E-state index in [0.29, 0.717) is 12.5 Å². The summed E-state index contributed by atoms with van der Waals surface area (Å²) in [6, 6.07) is 4.35. The maximum Gasteiger partial charge on any atom is 0.124 e. The molecule has 1 aromatic carbocycles. The fourth-order valence-electron chi connectivity index (χ4n) is 2.98. The summed E-state index contributed by atoms with van der Waals surface area (Å²) in [5, 5.41) is 3.48. The molecule has 0 spiro atoms. The summed E-state index contributed by atoms with van der Waals surface area (Å²) in [6.07, 6.45) is 2.54. The second-order valence-electron chi connectivity index (χ2n) is 5.56. The lowest BCUT2D eigenvalue weighted by Gasteiger charge is -2.33. The first kappa shape index (κ1) is 14.9. The highest BCUT2D eigenvalue weighted by atomic mass is 16.5. The minimum Gasteiger partial charge on any atom is -0.496 e. The molecule has 0 unspecified atom stereocenters. The van der Waals surface area contributed by atoms with E-state index in [4.69, 9.17) is 9.47 Å². The molecular weight excluding hydrogens is 254 g/mol. The first-order valence-electron chi connectivity index (χ1n) is 7.04. The smallest absolute Gasteiger partial charge is 0.124 e. The first-order valence-corrected chi connectivity index (χ1v) is 7.04. The van der Waals surface area contributed by atoms with Gasteiger partial charge in [0.1, 0.15) is 17.8 Å².